The number of aryl methyl sites for hydroxylation is 1. The number of benzene rings is 1. The second-order valence-electron chi connectivity index (χ2n) is 5.15. The molecule has 7 heteroatoms. The smallest absolute Gasteiger partial charge is 0.273 e. The van der Waals surface area contributed by atoms with Gasteiger partial charge < -0.3 is 10.6 Å². The molecule has 1 saturated heterocycles. The zero-order valence-electron chi connectivity index (χ0n) is 11.6. The van der Waals surface area contributed by atoms with Crippen molar-refractivity contribution in [2.75, 3.05) is 13.1 Å². The summed E-state index contributed by atoms with van der Waals surface area (Å²) in [6.07, 6.45) is 1.64. The SMILES string of the molecule is Cc1ccc(F)cc1CNC(=O)c1cn(C2CNC2)nn1. The molecule has 2 aromatic rings. The van der Waals surface area contributed by atoms with Gasteiger partial charge in [-0.25, -0.2) is 9.07 Å². The summed E-state index contributed by atoms with van der Waals surface area (Å²) >= 11 is 0. The number of rotatable bonds is 4. The van der Waals surface area contributed by atoms with Gasteiger partial charge in [0.1, 0.15) is 5.82 Å². The van der Waals surface area contributed by atoms with E-state index in [0.29, 0.717) is 0 Å². The Morgan fingerprint density at radius 2 is 2.33 bits per heavy atom. The van der Waals surface area contributed by atoms with Crippen molar-refractivity contribution >= 4 is 5.91 Å². The van der Waals surface area contributed by atoms with E-state index in [4.69, 9.17) is 0 Å². The van der Waals surface area contributed by atoms with Crippen molar-refractivity contribution in [3.05, 3.63) is 47.0 Å². The first kappa shape index (κ1) is 13.7. The van der Waals surface area contributed by atoms with Crippen LogP contribution in [0.2, 0.25) is 0 Å². The van der Waals surface area contributed by atoms with E-state index >= 15 is 0 Å². The molecule has 0 unspecified atom stereocenters. The molecule has 0 spiro atoms. The van der Waals surface area contributed by atoms with Crippen molar-refractivity contribution in [2.45, 2.75) is 19.5 Å². The zero-order chi connectivity index (χ0) is 14.8. The van der Waals surface area contributed by atoms with Gasteiger partial charge in [-0.05, 0) is 30.2 Å². The van der Waals surface area contributed by atoms with Crippen LogP contribution in [0.25, 0.3) is 0 Å². The minimum atomic E-state index is -0.312. The maximum atomic E-state index is 13.2. The van der Waals surface area contributed by atoms with Gasteiger partial charge in [0, 0.05) is 19.6 Å². The fourth-order valence-corrected chi connectivity index (χ4v) is 2.12. The highest BCUT2D eigenvalue weighted by Crippen LogP contribution is 2.11. The van der Waals surface area contributed by atoms with E-state index in [-0.39, 0.29) is 30.0 Å². The summed E-state index contributed by atoms with van der Waals surface area (Å²) in [5.41, 5.74) is 1.95. The third-order valence-electron chi connectivity index (χ3n) is 3.63. The van der Waals surface area contributed by atoms with Crippen LogP contribution in [0.3, 0.4) is 0 Å². The molecule has 1 aliphatic rings. The summed E-state index contributed by atoms with van der Waals surface area (Å²) in [5, 5.41) is 13.7. The van der Waals surface area contributed by atoms with E-state index in [1.165, 1.54) is 12.1 Å². The average molecular weight is 289 g/mol. The lowest BCUT2D eigenvalue weighted by atomic mass is 10.1. The van der Waals surface area contributed by atoms with Crippen LogP contribution in [0.1, 0.15) is 27.7 Å². The van der Waals surface area contributed by atoms with Crippen LogP contribution in [0.5, 0.6) is 0 Å². The fourth-order valence-electron chi connectivity index (χ4n) is 2.12. The van der Waals surface area contributed by atoms with E-state index in [2.05, 4.69) is 20.9 Å². The number of nitrogens with one attached hydrogen (secondary N) is 2. The number of aromatic nitrogens is 3. The molecule has 0 aliphatic carbocycles. The topological polar surface area (TPSA) is 71.8 Å². The molecule has 2 heterocycles. The molecule has 0 radical (unpaired) electrons. The van der Waals surface area contributed by atoms with Crippen LogP contribution in [0.4, 0.5) is 4.39 Å². The predicted molar refractivity (Wildman–Crippen MR) is 74.2 cm³/mol. The number of amides is 1. The molecular formula is C14H16FN5O. The van der Waals surface area contributed by atoms with E-state index in [0.717, 1.165) is 24.2 Å². The van der Waals surface area contributed by atoms with Crippen LogP contribution in [0, 0.1) is 12.7 Å². The molecule has 2 N–H and O–H groups in total. The zero-order valence-corrected chi connectivity index (χ0v) is 11.6. The second kappa shape index (κ2) is 5.61. The van der Waals surface area contributed by atoms with Gasteiger partial charge in [-0.15, -0.1) is 5.10 Å². The average Bonchev–Trinajstić information content (AvgIpc) is 2.87. The molecule has 110 valence electrons. The van der Waals surface area contributed by atoms with Crippen LogP contribution in [0.15, 0.2) is 24.4 Å². The van der Waals surface area contributed by atoms with Crippen molar-refractivity contribution in [3.63, 3.8) is 0 Å². The summed E-state index contributed by atoms with van der Waals surface area (Å²) in [6, 6.07) is 4.78. The summed E-state index contributed by atoms with van der Waals surface area (Å²) in [5.74, 6) is -0.620. The molecule has 1 amide bonds. The van der Waals surface area contributed by atoms with Crippen molar-refractivity contribution in [1.82, 2.24) is 25.6 Å². The van der Waals surface area contributed by atoms with Gasteiger partial charge in [-0.2, -0.15) is 0 Å². The third kappa shape index (κ3) is 2.92. The van der Waals surface area contributed by atoms with E-state index in [1.807, 2.05) is 6.92 Å². The van der Waals surface area contributed by atoms with E-state index in [9.17, 15) is 9.18 Å². The first-order chi connectivity index (χ1) is 10.1. The predicted octanol–water partition coefficient (Wildman–Crippen LogP) is 0.800. The Morgan fingerprint density at radius 1 is 1.52 bits per heavy atom. The van der Waals surface area contributed by atoms with Gasteiger partial charge in [0.05, 0.1) is 12.2 Å². The number of carbonyl (C=O) groups excluding carboxylic acids is 1. The van der Waals surface area contributed by atoms with Gasteiger partial charge in [-0.3, -0.25) is 4.79 Å². The van der Waals surface area contributed by atoms with Gasteiger partial charge in [0.2, 0.25) is 0 Å². The molecule has 1 aromatic heterocycles. The highest BCUT2D eigenvalue weighted by atomic mass is 19.1. The summed E-state index contributed by atoms with van der Waals surface area (Å²) < 4.78 is 14.9. The van der Waals surface area contributed by atoms with Crippen LogP contribution < -0.4 is 10.6 Å². The Labute approximate surface area is 121 Å². The largest absolute Gasteiger partial charge is 0.347 e. The Bertz CT molecular complexity index is 665. The number of hydrogen-bond donors (Lipinski definition) is 2. The second-order valence-corrected chi connectivity index (χ2v) is 5.15. The number of nitrogens with zero attached hydrogens (tertiary/aromatic N) is 3. The van der Waals surface area contributed by atoms with Crippen molar-refractivity contribution in [2.24, 2.45) is 0 Å². The van der Waals surface area contributed by atoms with Crippen LogP contribution in [-0.2, 0) is 6.54 Å². The molecule has 1 aliphatic heterocycles. The maximum absolute atomic E-state index is 13.2. The number of carbonyl (C=O) groups is 1. The van der Waals surface area contributed by atoms with Crippen molar-refractivity contribution in [1.29, 1.82) is 0 Å². The fraction of sp³-hybridized carbons (Fsp3) is 0.357. The lowest BCUT2D eigenvalue weighted by molar-refractivity contribution is 0.0945. The Kier molecular flexibility index (Phi) is 3.66. The van der Waals surface area contributed by atoms with E-state index < -0.39 is 0 Å². The van der Waals surface area contributed by atoms with Gasteiger partial charge in [0.25, 0.3) is 5.91 Å². The lowest BCUT2D eigenvalue weighted by Gasteiger charge is -2.26. The normalized spacial score (nSPS) is 14.8. The van der Waals surface area contributed by atoms with E-state index in [1.54, 1.807) is 16.9 Å². The molecular weight excluding hydrogens is 273 g/mol. The van der Waals surface area contributed by atoms with Crippen molar-refractivity contribution in [3.8, 4) is 0 Å². The summed E-state index contributed by atoms with van der Waals surface area (Å²) in [6.45, 7) is 3.82. The Hall–Kier alpha value is -2.28. The highest BCUT2D eigenvalue weighted by Gasteiger charge is 2.21. The number of halogens is 1. The minimum Gasteiger partial charge on any atom is -0.347 e. The summed E-state index contributed by atoms with van der Waals surface area (Å²) in [4.78, 5) is 12.0. The molecule has 3 rings (SSSR count). The molecule has 1 fully saturated rings. The molecule has 21 heavy (non-hydrogen) atoms. The Balaban J connectivity index is 1.63. The first-order valence-electron chi connectivity index (χ1n) is 6.79. The maximum Gasteiger partial charge on any atom is 0.273 e. The summed E-state index contributed by atoms with van der Waals surface area (Å²) in [7, 11) is 0. The van der Waals surface area contributed by atoms with Crippen molar-refractivity contribution < 1.29 is 9.18 Å². The Morgan fingerprint density at radius 3 is 3.05 bits per heavy atom. The van der Waals surface area contributed by atoms with Crippen LogP contribution in [-0.4, -0.2) is 34.0 Å². The van der Waals surface area contributed by atoms with Gasteiger partial charge in [-0.1, -0.05) is 11.3 Å². The molecule has 1 aromatic carbocycles. The standard InChI is InChI=1S/C14H16FN5O/c1-9-2-3-11(15)4-10(9)5-17-14(21)13-8-20(19-18-13)12-6-16-7-12/h2-4,8,12,16H,5-7H2,1H3,(H,17,21). The lowest BCUT2D eigenvalue weighted by Crippen LogP contribution is -2.43. The number of hydrogen-bond acceptors (Lipinski definition) is 4. The quantitative estimate of drug-likeness (QED) is 0.873. The van der Waals surface area contributed by atoms with Crippen LogP contribution >= 0.6 is 0 Å². The third-order valence-corrected chi connectivity index (χ3v) is 3.63. The molecule has 0 atom stereocenters. The van der Waals surface area contributed by atoms with Gasteiger partial charge in [0.15, 0.2) is 5.69 Å². The first-order valence-corrected chi connectivity index (χ1v) is 6.79. The molecule has 6 nitrogen and oxygen atoms in total. The monoisotopic (exact) mass is 289 g/mol. The molecule has 0 saturated carbocycles. The molecule has 0 bridgehead atoms. The van der Waals surface area contributed by atoms with Gasteiger partial charge >= 0.3 is 0 Å². The minimum absolute atomic E-state index is 0.264. The highest BCUT2D eigenvalue weighted by molar-refractivity contribution is 5.91.